The molecule has 0 bridgehead atoms. The van der Waals surface area contributed by atoms with Gasteiger partial charge in [-0.1, -0.05) is 6.92 Å². The average molecular weight is 292 g/mol. The van der Waals surface area contributed by atoms with Gasteiger partial charge in [0.05, 0.1) is 11.4 Å². The van der Waals surface area contributed by atoms with Crippen molar-refractivity contribution in [2.45, 2.75) is 19.8 Å². The maximum Gasteiger partial charge on any atom is 0.232 e. The Bertz CT molecular complexity index is 486. The van der Waals surface area contributed by atoms with E-state index in [1.54, 1.807) is 0 Å². The van der Waals surface area contributed by atoms with E-state index in [0.717, 1.165) is 25.1 Å². The van der Waals surface area contributed by atoms with Crippen LogP contribution in [0.2, 0.25) is 0 Å². The summed E-state index contributed by atoms with van der Waals surface area (Å²) in [6.07, 6.45) is 1.42. The van der Waals surface area contributed by atoms with Gasteiger partial charge in [0, 0.05) is 6.07 Å². The highest BCUT2D eigenvalue weighted by molar-refractivity contribution is 7.92. The topological polar surface area (TPSA) is 58.2 Å². The highest BCUT2D eigenvalue weighted by atomic mass is 32.2. The van der Waals surface area contributed by atoms with Crippen LogP contribution < -0.4 is 10.0 Å². The van der Waals surface area contributed by atoms with Crippen LogP contribution in [0.4, 0.5) is 14.5 Å². The molecule has 1 aromatic rings. The Labute approximate surface area is 112 Å². The molecule has 0 radical (unpaired) electrons. The zero-order chi connectivity index (χ0) is 14.3. The Kier molecular flexibility index (Phi) is 6.17. The molecular weight excluding hydrogens is 274 g/mol. The highest BCUT2D eigenvalue weighted by Gasteiger charge is 2.11. The minimum Gasteiger partial charge on any atom is -0.317 e. The van der Waals surface area contributed by atoms with Crippen LogP contribution in [0.25, 0.3) is 0 Å². The fraction of sp³-hybridized carbons (Fsp3) is 0.500. The third-order valence-electron chi connectivity index (χ3n) is 2.33. The van der Waals surface area contributed by atoms with Crippen molar-refractivity contribution in [1.29, 1.82) is 0 Å². The molecule has 0 aliphatic rings. The summed E-state index contributed by atoms with van der Waals surface area (Å²) in [5.74, 6) is -1.73. The lowest BCUT2D eigenvalue weighted by Crippen LogP contribution is -2.22. The third kappa shape index (κ3) is 6.49. The van der Waals surface area contributed by atoms with Gasteiger partial charge in [-0.15, -0.1) is 0 Å². The summed E-state index contributed by atoms with van der Waals surface area (Å²) in [6, 6.07) is 2.57. The SMILES string of the molecule is CCCNCCCS(=O)(=O)Nc1cc(F)cc(F)c1. The summed E-state index contributed by atoms with van der Waals surface area (Å²) in [4.78, 5) is 0. The van der Waals surface area contributed by atoms with E-state index in [4.69, 9.17) is 0 Å². The van der Waals surface area contributed by atoms with E-state index in [-0.39, 0.29) is 11.4 Å². The lowest BCUT2D eigenvalue weighted by Gasteiger charge is -2.08. The molecule has 0 amide bonds. The van der Waals surface area contributed by atoms with Gasteiger partial charge in [-0.05, 0) is 38.1 Å². The molecule has 19 heavy (non-hydrogen) atoms. The molecule has 1 rings (SSSR count). The summed E-state index contributed by atoms with van der Waals surface area (Å²) in [7, 11) is -3.58. The fourth-order valence-electron chi connectivity index (χ4n) is 1.53. The first-order chi connectivity index (χ1) is 8.93. The zero-order valence-corrected chi connectivity index (χ0v) is 11.6. The first kappa shape index (κ1) is 15.8. The lowest BCUT2D eigenvalue weighted by molar-refractivity contribution is 0.583. The maximum absolute atomic E-state index is 12.9. The van der Waals surface area contributed by atoms with E-state index in [1.807, 2.05) is 6.92 Å². The normalized spacial score (nSPS) is 11.5. The molecule has 108 valence electrons. The molecule has 0 saturated carbocycles. The number of benzene rings is 1. The van der Waals surface area contributed by atoms with Crippen LogP contribution >= 0.6 is 0 Å². The fourth-order valence-corrected chi connectivity index (χ4v) is 2.64. The van der Waals surface area contributed by atoms with Gasteiger partial charge in [0.15, 0.2) is 0 Å². The van der Waals surface area contributed by atoms with E-state index in [9.17, 15) is 17.2 Å². The van der Waals surface area contributed by atoms with E-state index in [2.05, 4.69) is 10.0 Å². The largest absolute Gasteiger partial charge is 0.317 e. The van der Waals surface area contributed by atoms with Crippen molar-refractivity contribution in [2.24, 2.45) is 0 Å². The summed E-state index contributed by atoms with van der Waals surface area (Å²) in [5.41, 5.74) is -0.0981. The first-order valence-electron chi connectivity index (χ1n) is 6.10. The van der Waals surface area contributed by atoms with Crippen molar-refractivity contribution in [2.75, 3.05) is 23.6 Å². The molecule has 0 heterocycles. The van der Waals surface area contributed by atoms with Gasteiger partial charge in [-0.2, -0.15) is 0 Å². The number of rotatable bonds is 8. The van der Waals surface area contributed by atoms with Crippen molar-refractivity contribution in [3.63, 3.8) is 0 Å². The molecular formula is C12H18F2N2O2S. The van der Waals surface area contributed by atoms with Gasteiger partial charge in [-0.25, -0.2) is 17.2 Å². The molecule has 0 fully saturated rings. The van der Waals surface area contributed by atoms with Crippen molar-refractivity contribution in [1.82, 2.24) is 5.32 Å². The Balaban J connectivity index is 2.49. The third-order valence-corrected chi connectivity index (χ3v) is 3.70. The summed E-state index contributed by atoms with van der Waals surface area (Å²) in [6.45, 7) is 3.44. The summed E-state index contributed by atoms with van der Waals surface area (Å²) >= 11 is 0. The number of halogens is 2. The molecule has 7 heteroatoms. The van der Waals surface area contributed by atoms with Gasteiger partial charge >= 0.3 is 0 Å². The minimum absolute atomic E-state index is 0.0954. The van der Waals surface area contributed by atoms with Gasteiger partial charge in [0.1, 0.15) is 11.6 Å². The number of anilines is 1. The van der Waals surface area contributed by atoms with E-state index >= 15 is 0 Å². The summed E-state index contributed by atoms with van der Waals surface area (Å²) in [5, 5.41) is 3.08. The highest BCUT2D eigenvalue weighted by Crippen LogP contribution is 2.14. The predicted octanol–water partition coefficient (Wildman–Crippen LogP) is 2.10. The molecule has 0 saturated heterocycles. The second-order valence-corrected chi connectivity index (χ2v) is 6.02. The van der Waals surface area contributed by atoms with E-state index in [1.165, 1.54) is 0 Å². The molecule has 0 aliphatic carbocycles. The smallest absolute Gasteiger partial charge is 0.232 e. The standard InChI is InChI=1S/C12H18F2N2O2S/c1-2-4-15-5-3-6-19(17,18)16-12-8-10(13)7-11(14)9-12/h7-9,15-16H,2-6H2,1H3. The van der Waals surface area contributed by atoms with Crippen LogP contribution in [0, 0.1) is 11.6 Å². The second kappa shape index (κ2) is 7.40. The Hall–Kier alpha value is -1.21. The van der Waals surface area contributed by atoms with Crippen LogP contribution in [0.15, 0.2) is 18.2 Å². The quantitative estimate of drug-likeness (QED) is 0.721. The molecule has 0 atom stereocenters. The van der Waals surface area contributed by atoms with Crippen LogP contribution in [-0.2, 0) is 10.0 Å². The number of nitrogens with one attached hydrogen (secondary N) is 2. The first-order valence-corrected chi connectivity index (χ1v) is 7.75. The van der Waals surface area contributed by atoms with E-state index in [0.29, 0.717) is 19.0 Å². The Morgan fingerprint density at radius 2 is 1.74 bits per heavy atom. The van der Waals surface area contributed by atoms with Crippen LogP contribution in [0.1, 0.15) is 19.8 Å². The van der Waals surface area contributed by atoms with Gasteiger partial charge in [0.25, 0.3) is 0 Å². The maximum atomic E-state index is 12.9. The molecule has 0 spiro atoms. The Morgan fingerprint density at radius 1 is 1.11 bits per heavy atom. The number of sulfonamides is 1. The number of hydrogen-bond acceptors (Lipinski definition) is 3. The molecule has 1 aromatic carbocycles. The number of hydrogen-bond donors (Lipinski definition) is 2. The monoisotopic (exact) mass is 292 g/mol. The Morgan fingerprint density at radius 3 is 2.32 bits per heavy atom. The minimum atomic E-state index is -3.58. The molecule has 2 N–H and O–H groups in total. The lowest BCUT2D eigenvalue weighted by atomic mass is 10.3. The van der Waals surface area contributed by atoms with Crippen LogP contribution in [0.3, 0.4) is 0 Å². The second-order valence-electron chi connectivity index (χ2n) is 4.18. The van der Waals surface area contributed by atoms with Gasteiger partial charge in [-0.3, -0.25) is 4.72 Å². The van der Waals surface area contributed by atoms with Crippen molar-refractivity contribution >= 4 is 15.7 Å². The van der Waals surface area contributed by atoms with Crippen molar-refractivity contribution in [3.8, 4) is 0 Å². The molecule has 4 nitrogen and oxygen atoms in total. The molecule has 0 aromatic heterocycles. The summed E-state index contributed by atoms with van der Waals surface area (Å²) < 4.78 is 51.3. The predicted molar refractivity (Wildman–Crippen MR) is 71.5 cm³/mol. The van der Waals surface area contributed by atoms with Gasteiger partial charge < -0.3 is 5.32 Å². The van der Waals surface area contributed by atoms with Gasteiger partial charge in [0.2, 0.25) is 10.0 Å². The van der Waals surface area contributed by atoms with Crippen LogP contribution in [0.5, 0.6) is 0 Å². The van der Waals surface area contributed by atoms with E-state index < -0.39 is 21.7 Å². The van der Waals surface area contributed by atoms with Crippen molar-refractivity contribution < 1.29 is 17.2 Å². The van der Waals surface area contributed by atoms with Crippen molar-refractivity contribution in [3.05, 3.63) is 29.8 Å². The zero-order valence-electron chi connectivity index (χ0n) is 10.7. The molecule has 0 unspecified atom stereocenters. The van der Waals surface area contributed by atoms with Crippen LogP contribution in [-0.4, -0.2) is 27.3 Å². The molecule has 0 aliphatic heterocycles. The average Bonchev–Trinajstić information content (AvgIpc) is 2.26.